The van der Waals surface area contributed by atoms with Gasteiger partial charge in [-0.3, -0.25) is 4.55 Å². The Hall–Kier alpha value is -1.07. The number of unbranched alkanes of at least 4 members (excludes halogenated alkanes) is 15. The minimum atomic E-state index is -4.19. The summed E-state index contributed by atoms with van der Waals surface area (Å²) in [5, 5.41) is 10.4. The zero-order valence-corrected chi connectivity index (χ0v) is 22.2. The van der Waals surface area contributed by atoms with Gasteiger partial charge in [0.25, 0.3) is 10.1 Å². The van der Waals surface area contributed by atoms with E-state index in [-0.39, 0.29) is 5.75 Å². The maximum atomic E-state index is 11.6. The molecule has 0 bridgehead atoms. The van der Waals surface area contributed by atoms with Gasteiger partial charge in [-0.1, -0.05) is 116 Å². The molecule has 4 nitrogen and oxygen atoms in total. The molecule has 1 aromatic carbocycles. The highest BCUT2D eigenvalue weighted by Crippen LogP contribution is 2.29. The highest BCUT2D eigenvalue weighted by Gasteiger charge is 2.18. The molecule has 0 saturated carbocycles. The van der Waals surface area contributed by atoms with E-state index in [0.717, 1.165) is 43.2 Å². The van der Waals surface area contributed by atoms with E-state index in [4.69, 9.17) is 0 Å². The molecule has 192 valence electrons. The van der Waals surface area contributed by atoms with Crippen molar-refractivity contribution in [3.05, 3.63) is 28.8 Å². The van der Waals surface area contributed by atoms with Crippen LogP contribution in [0.15, 0.2) is 12.1 Å². The first-order valence-corrected chi connectivity index (χ1v) is 15.3. The summed E-state index contributed by atoms with van der Waals surface area (Å²) in [4.78, 5) is 0. The van der Waals surface area contributed by atoms with Crippen LogP contribution in [0, 0.1) is 0 Å². The van der Waals surface area contributed by atoms with Gasteiger partial charge in [0, 0.05) is 5.56 Å². The van der Waals surface area contributed by atoms with Crippen molar-refractivity contribution in [2.24, 2.45) is 0 Å². The Morgan fingerprint density at radius 2 is 1.03 bits per heavy atom. The average molecular weight is 483 g/mol. The molecule has 0 fully saturated rings. The van der Waals surface area contributed by atoms with Gasteiger partial charge in [0.15, 0.2) is 0 Å². The van der Waals surface area contributed by atoms with Crippen molar-refractivity contribution in [1.29, 1.82) is 0 Å². The van der Waals surface area contributed by atoms with E-state index >= 15 is 0 Å². The summed E-state index contributed by atoms with van der Waals surface area (Å²) in [6.07, 6.45) is 22.8. The van der Waals surface area contributed by atoms with Gasteiger partial charge in [0.1, 0.15) is 11.5 Å². The second-order valence-electron chi connectivity index (χ2n) is 9.73. The van der Waals surface area contributed by atoms with Crippen molar-refractivity contribution < 1.29 is 18.1 Å². The number of benzene rings is 1. The fourth-order valence-electron chi connectivity index (χ4n) is 4.68. The topological polar surface area (TPSA) is 74.6 Å². The quantitative estimate of drug-likeness (QED) is 0.136. The van der Waals surface area contributed by atoms with E-state index in [0.29, 0.717) is 5.56 Å². The molecule has 1 aromatic rings. The second kappa shape index (κ2) is 18.3. The fourth-order valence-corrected chi connectivity index (χ4v) is 5.37. The summed E-state index contributed by atoms with van der Waals surface area (Å²) in [5.74, 6) is -0.519. The maximum absolute atomic E-state index is 11.6. The van der Waals surface area contributed by atoms with Crippen LogP contribution in [0.3, 0.4) is 0 Å². The van der Waals surface area contributed by atoms with Gasteiger partial charge < -0.3 is 5.11 Å². The molecular weight excluding hydrogens is 432 g/mol. The SMILES string of the molecule is CCCCCCCCCCCCc1c(CCCCCCCCC)ccc(O)c1CS(=O)(=O)O. The van der Waals surface area contributed by atoms with Crippen molar-refractivity contribution in [3.63, 3.8) is 0 Å². The van der Waals surface area contributed by atoms with Crippen LogP contribution in [-0.4, -0.2) is 18.1 Å². The van der Waals surface area contributed by atoms with Crippen molar-refractivity contribution in [2.45, 2.75) is 142 Å². The molecule has 0 amide bonds. The van der Waals surface area contributed by atoms with Gasteiger partial charge >= 0.3 is 0 Å². The van der Waals surface area contributed by atoms with Crippen LogP contribution >= 0.6 is 0 Å². The molecule has 1 rings (SSSR count). The molecule has 33 heavy (non-hydrogen) atoms. The number of aromatic hydroxyl groups is 1. The van der Waals surface area contributed by atoms with Crippen molar-refractivity contribution in [3.8, 4) is 5.75 Å². The molecule has 0 heterocycles. The first kappa shape index (κ1) is 30.0. The third-order valence-electron chi connectivity index (χ3n) is 6.66. The number of rotatable bonds is 21. The van der Waals surface area contributed by atoms with Gasteiger partial charge in [-0.25, -0.2) is 0 Å². The summed E-state index contributed by atoms with van der Waals surface area (Å²) in [7, 11) is -4.19. The molecule has 0 aromatic heterocycles. The lowest BCUT2D eigenvalue weighted by Gasteiger charge is -2.16. The molecular formula is C28H50O4S. The second-order valence-corrected chi connectivity index (χ2v) is 11.2. The van der Waals surface area contributed by atoms with Gasteiger partial charge in [-0.2, -0.15) is 8.42 Å². The van der Waals surface area contributed by atoms with E-state index in [1.54, 1.807) is 6.07 Å². The van der Waals surface area contributed by atoms with Gasteiger partial charge in [0.05, 0.1) is 0 Å². The smallest absolute Gasteiger partial charge is 0.269 e. The number of aryl methyl sites for hydroxylation is 1. The lowest BCUT2D eigenvalue weighted by Crippen LogP contribution is -2.08. The first-order valence-electron chi connectivity index (χ1n) is 13.7. The molecule has 0 aliphatic rings. The van der Waals surface area contributed by atoms with E-state index in [1.165, 1.54) is 89.9 Å². The minimum absolute atomic E-state index is 0.0157. The summed E-state index contributed by atoms with van der Waals surface area (Å²) in [6.45, 7) is 4.47. The maximum Gasteiger partial charge on any atom is 0.269 e. The third-order valence-corrected chi connectivity index (χ3v) is 7.31. The fraction of sp³-hybridized carbons (Fsp3) is 0.786. The monoisotopic (exact) mass is 482 g/mol. The van der Waals surface area contributed by atoms with Crippen LogP contribution in [0.25, 0.3) is 0 Å². The van der Waals surface area contributed by atoms with Crippen LogP contribution < -0.4 is 0 Å². The average Bonchev–Trinajstić information content (AvgIpc) is 2.76. The van der Waals surface area contributed by atoms with Gasteiger partial charge in [-0.15, -0.1) is 0 Å². The number of phenolic OH excluding ortho intramolecular Hbond substituents is 1. The van der Waals surface area contributed by atoms with E-state index < -0.39 is 15.9 Å². The Labute approximate surface area is 204 Å². The van der Waals surface area contributed by atoms with Crippen LogP contribution in [0.5, 0.6) is 5.75 Å². The molecule has 0 aliphatic carbocycles. The summed E-state index contributed by atoms with van der Waals surface area (Å²) >= 11 is 0. The first-order chi connectivity index (χ1) is 15.9. The van der Waals surface area contributed by atoms with E-state index in [9.17, 15) is 18.1 Å². The Morgan fingerprint density at radius 3 is 1.48 bits per heavy atom. The van der Waals surface area contributed by atoms with Crippen molar-refractivity contribution in [1.82, 2.24) is 0 Å². The predicted molar refractivity (Wildman–Crippen MR) is 141 cm³/mol. The van der Waals surface area contributed by atoms with Crippen LogP contribution in [-0.2, 0) is 28.7 Å². The summed E-state index contributed by atoms with van der Waals surface area (Å²) < 4.78 is 32.6. The molecule has 0 unspecified atom stereocenters. The number of hydrogen-bond donors (Lipinski definition) is 2. The highest BCUT2D eigenvalue weighted by atomic mass is 32.2. The summed E-state index contributed by atoms with van der Waals surface area (Å²) in [5.41, 5.74) is 2.47. The Balaban J connectivity index is 2.58. The Bertz CT molecular complexity index is 728. The largest absolute Gasteiger partial charge is 0.508 e. The number of hydrogen-bond acceptors (Lipinski definition) is 3. The molecule has 0 atom stereocenters. The Kier molecular flexibility index (Phi) is 16.6. The van der Waals surface area contributed by atoms with Gasteiger partial charge in [-0.05, 0) is 42.9 Å². The van der Waals surface area contributed by atoms with Crippen LogP contribution in [0.4, 0.5) is 0 Å². The lowest BCUT2D eigenvalue weighted by molar-refractivity contribution is 0.459. The van der Waals surface area contributed by atoms with Crippen LogP contribution in [0.2, 0.25) is 0 Å². The molecule has 0 saturated heterocycles. The van der Waals surface area contributed by atoms with Gasteiger partial charge in [0.2, 0.25) is 0 Å². The number of phenols is 1. The molecule has 0 radical (unpaired) electrons. The van der Waals surface area contributed by atoms with Crippen molar-refractivity contribution >= 4 is 10.1 Å². The van der Waals surface area contributed by atoms with E-state index in [1.807, 2.05) is 6.07 Å². The normalized spacial score (nSPS) is 11.8. The zero-order valence-electron chi connectivity index (χ0n) is 21.4. The van der Waals surface area contributed by atoms with E-state index in [2.05, 4.69) is 13.8 Å². The minimum Gasteiger partial charge on any atom is -0.508 e. The molecule has 5 heteroatoms. The third kappa shape index (κ3) is 14.7. The van der Waals surface area contributed by atoms with Crippen LogP contribution in [0.1, 0.15) is 140 Å². The molecule has 2 N–H and O–H groups in total. The summed E-state index contributed by atoms with van der Waals surface area (Å²) in [6, 6.07) is 3.55. The Morgan fingerprint density at radius 1 is 0.606 bits per heavy atom. The lowest BCUT2D eigenvalue weighted by atomic mass is 9.92. The zero-order chi connectivity index (χ0) is 24.4. The van der Waals surface area contributed by atoms with Crippen molar-refractivity contribution in [2.75, 3.05) is 0 Å². The standard InChI is InChI=1S/C28H50O4S/c1-3-5-7-9-11-12-13-15-17-19-21-26-25(20-18-16-14-10-8-6-4-2)22-23-28(29)27(26)24-33(30,31)32/h22-23,29H,3-21,24H2,1-2H3,(H,30,31,32). The molecule has 0 spiro atoms. The highest BCUT2D eigenvalue weighted by molar-refractivity contribution is 7.85. The predicted octanol–water partition coefficient (Wildman–Crippen LogP) is 8.54. The molecule has 0 aliphatic heterocycles.